The van der Waals surface area contributed by atoms with Gasteiger partial charge in [0.2, 0.25) is 0 Å². The van der Waals surface area contributed by atoms with E-state index in [1.807, 2.05) is 4.90 Å². The molecular weight excluding hydrogens is 272 g/mol. The fourth-order valence-electron chi connectivity index (χ4n) is 2.59. The average Bonchev–Trinajstić information content (AvgIpc) is 3.17. The SMILES string of the molecule is CCc1csc([C@H]2CCCN(C(=O)c3ccco3)C2)n1. The molecule has 2 aromatic rings. The van der Waals surface area contributed by atoms with Crippen molar-refractivity contribution >= 4 is 17.2 Å². The van der Waals surface area contributed by atoms with E-state index in [4.69, 9.17) is 4.42 Å². The molecule has 3 rings (SSSR count). The molecule has 0 bridgehead atoms. The number of aryl methyl sites for hydroxylation is 1. The first kappa shape index (κ1) is 13.4. The molecule has 1 aliphatic rings. The summed E-state index contributed by atoms with van der Waals surface area (Å²) in [6.07, 6.45) is 4.65. The van der Waals surface area contributed by atoms with E-state index in [2.05, 4.69) is 17.3 Å². The first-order valence-corrected chi connectivity index (χ1v) is 7.93. The van der Waals surface area contributed by atoms with E-state index in [1.54, 1.807) is 29.7 Å². The van der Waals surface area contributed by atoms with Crippen LogP contribution in [0.5, 0.6) is 0 Å². The molecule has 0 aliphatic carbocycles. The van der Waals surface area contributed by atoms with Gasteiger partial charge in [0.15, 0.2) is 5.76 Å². The van der Waals surface area contributed by atoms with E-state index in [0.29, 0.717) is 11.7 Å². The minimum atomic E-state index is -0.00743. The van der Waals surface area contributed by atoms with Gasteiger partial charge in [-0.05, 0) is 31.4 Å². The molecule has 4 nitrogen and oxygen atoms in total. The number of nitrogens with zero attached hydrogens (tertiary/aromatic N) is 2. The molecule has 106 valence electrons. The Hall–Kier alpha value is -1.62. The summed E-state index contributed by atoms with van der Waals surface area (Å²) in [7, 11) is 0. The molecule has 1 aliphatic heterocycles. The van der Waals surface area contributed by atoms with Crippen LogP contribution >= 0.6 is 11.3 Å². The van der Waals surface area contributed by atoms with Crippen LogP contribution < -0.4 is 0 Å². The van der Waals surface area contributed by atoms with Gasteiger partial charge in [-0.1, -0.05) is 6.92 Å². The lowest BCUT2D eigenvalue weighted by atomic mass is 9.98. The maximum atomic E-state index is 12.3. The fourth-order valence-corrected chi connectivity index (χ4v) is 3.62. The number of amides is 1. The van der Waals surface area contributed by atoms with Crippen molar-refractivity contribution in [3.05, 3.63) is 40.2 Å². The Morgan fingerprint density at radius 3 is 3.20 bits per heavy atom. The van der Waals surface area contributed by atoms with Crippen LogP contribution in [0.15, 0.2) is 28.2 Å². The van der Waals surface area contributed by atoms with Crippen molar-refractivity contribution in [2.45, 2.75) is 32.1 Å². The molecule has 0 N–H and O–H groups in total. The summed E-state index contributed by atoms with van der Waals surface area (Å²) in [6.45, 7) is 3.67. The van der Waals surface area contributed by atoms with Crippen molar-refractivity contribution in [3.8, 4) is 0 Å². The predicted octanol–water partition coefficient (Wildman–Crippen LogP) is 3.32. The standard InChI is InChI=1S/C15H18N2O2S/c1-2-12-10-20-14(16-12)11-5-3-7-17(9-11)15(18)13-6-4-8-19-13/h4,6,8,10-11H,2-3,5,7,9H2,1H3/t11-/m0/s1. The van der Waals surface area contributed by atoms with E-state index >= 15 is 0 Å². The average molecular weight is 290 g/mol. The Morgan fingerprint density at radius 2 is 2.50 bits per heavy atom. The topological polar surface area (TPSA) is 46.3 Å². The summed E-state index contributed by atoms with van der Waals surface area (Å²) in [5.74, 6) is 0.791. The minimum absolute atomic E-state index is 0.00743. The van der Waals surface area contributed by atoms with Crippen LogP contribution in [0.25, 0.3) is 0 Å². The van der Waals surface area contributed by atoms with Crippen LogP contribution in [-0.2, 0) is 6.42 Å². The van der Waals surface area contributed by atoms with Crippen molar-refractivity contribution in [1.82, 2.24) is 9.88 Å². The summed E-state index contributed by atoms with van der Waals surface area (Å²) >= 11 is 1.72. The molecule has 2 aromatic heterocycles. The van der Waals surface area contributed by atoms with Gasteiger partial charge in [0.05, 0.1) is 17.0 Å². The van der Waals surface area contributed by atoms with Gasteiger partial charge in [0, 0.05) is 24.4 Å². The molecule has 5 heteroatoms. The van der Waals surface area contributed by atoms with Gasteiger partial charge in [-0.2, -0.15) is 0 Å². The number of piperidine rings is 1. The molecule has 0 saturated carbocycles. The van der Waals surface area contributed by atoms with Gasteiger partial charge < -0.3 is 9.32 Å². The van der Waals surface area contributed by atoms with Gasteiger partial charge in [0.25, 0.3) is 5.91 Å². The van der Waals surface area contributed by atoms with Crippen LogP contribution in [0, 0.1) is 0 Å². The van der Waals surface area contributed by atoms with Crippen molar-refractivity contribution in [3.63, 3.8) is 0 Å². The van der Waals surface area contributed by atoms with Crippen LogP contribution in [0.4, 0.5) is 0 Å². The molecule has 0 radical (unpaired) electrons. The minimum Gasteiger partial charge on any atom is -0.459 e. The Kier molecular flexibility index (Phi) is 3.87. The molecule has 3 heterocycles. The molecule has 0 unspecified atom stereocenters. The number of hydrogen-bond donors (Lipinski definition) is 0. The fraction of sp³-hybridized carbons (Fsp3) is 0.467. The van der Waals surface area contributed by atoms with E-state index in [9.17, 15) is 4.79 Å². The summed E-state index contributed by atoms with van der Waals surface area (Å²) in [4.78, 5) is 18.9. The quantitative estimate of drug-likeness (QED) is 0.871. The molecule has 0 aromatic carbocycles. The second kappa shape index (κ2) is 5.79. The van der Waals surface area contributed by atoms with E-state index in [-0.39, 0.29) is 5.91 Å². The third kappa shape index (κ3) is 2.63. The zero-order valence-corrected chi connectivity index (χ0v) is 12.4. The molecule has 1 saturated heterocycles. The lowest BCUT2D eigenvalue weighted by molar-refractivity contribution is 0.0675. The second-order valence-electron chi connectivity index (χ2n) is 5.10. The Morgan fingerprint density at radius 1 is 1.60 bits per heavy atom. The van der Waals surface area contributed by atoms with Crippen molar-refractivity contribution < 1.29 is 9.21 Å². The van der Waals surface area contributed by atoms with Crippen LogP contribution in [0.3, 0.4) is 0 Å². The summed E-state index contributed by atoms with van der Waals surface area (Å²) in [6, 6.07) is 3.48. The lowest BCUT2D eigenvalue weighted by Crippen LogP contribution is -2.38. The van der Waals surface area contributed by atoms with E-state index in [1.165, 1.54) is 5.01 Å². The first-order chi connectivity index (χ1) is 9.78. The normalized spacial score (nSPS) is 19.2. The van der Waals surface area contributed by atoms with E-state index in [0.717, 1.165) is 38.0 Å². The first-order valence-electron chi connectivity index (χ1n) is 7.05. The highest BCUT2D eigenvalue weighted by atomic mass is 32.1. The maximum Gasteiger partial charge on any atom is 0.289 e. The van der Waals surface area contributed by atoms with Crippen LogP contribution in [-0.4, -0.2) is 28.9 Å². The molecule has 0 spiro atoms. The molecule has 1 fully saturated rings. The number of hydrogen-bond acceptors (Lipinski definition) is 4. The number of furan rings is 1. The van der Waals surface area contributed by atoms with Crippen molar-refractivity contribution in [2.24, 2.45) is 0 Å². The highest BCUT2D eigenvalue weighted by Crippen LogP contribution is 2.30. The van der Waals surface area contributed by atoms with Crippen LogP contribution in [0.1, 0.15) is 46.9 Å². The lowest BCUT2D eigenvalue weighted by Gasteiger charge is -2.31. The Balaban J connectivity index is 1.71. The van der Waals surface area contributed by atoms with Gasteiger partial charge >= 0.3 is 0 Å². The largest absolute Gasteiger partial charge is 0.459 e. The number of thiazole rings is 1. The summed E-state index contributed by atoms with van der Waals surface area (Å²) in [5, 5.41) is 3.29. The highest BCUT2D eigenvalue weighted by Gasteiger charge is 2.28. The van der Waals surface area contributed by atoms with Crippen molar-refractivity contribution in [1.29, 1.82) is 0 Å². The maximum absolute atomic E-state index is 12.3. The number of aromatic nitrogens is 1. The van der Waals surface area contributed by atoms with Gasteiger partial charge in [-0.3, -0.25) is 4.79 Å². The molecule has 20 heavy (non-hydrogen) atoms. The highest BCUT2D eigenvalue weighted by molar-refractivity contribution is 7.09. The van der Waals surface area contributed by atoms with Gasteiger partial charge in [-0.15, -0.1) is 11.3 Å². The third-order valence-corrected chi connectivity index (χ3v) is 4.78. The smallest absolute Gasteiger partial charge is 0.289 e. The van der Waals surface area contributed by atoms with Gasteiger partial charge in [0.1, 0.15) is 0 Å². The monoisotopic (exact) mass is 290 g/mol. The Labute approximate surface area is 122 Å². The predicted molar refractivity (Wildman–Crippen MR) is 78.1 cm³/mol. The molecule has 1 amide bonds. The number of likely N-dealkylation sites (tertiary alicyclic amines) is 1. The van der Waals surface area contributed by atoms with Gasteiger partial charge in [-0.25, -0.2) is 4.98 Å². The van der Waals surface area contributed by atoms with E-state index < -0.39 is 0 Å². The second-order valence-corrected chi connectivity index (χ2v) is 5.99. The Bertz CT molecular complexity index is 576. The number of rotatable bonds is 3. The molecular formula is C15H18N2O2S. The zero-order valence-electron chi connectivity index (χ0n) is 11.5. The summed E-state index contributed by atoms with van der Waals surface area (Å²) in [5.41, 5.74) is 1.15. The van der Waals surface area contributed by atoms with Crippen molar-refractivity contribution in [2.75, 3.05) is 13.1 Å². The molecule has 1 atom stereocenters. The van der Waals surface area contributed by atoms with Crippen LogP contribution in [0.2, 0.25) is 0 Å². The summed E-state index contributed by atoms with van der Waals surface area (Å²) < 4.78 is 5.21. The number of carbonyl (C=O) groups excluding carboxylic acids is 1. The third-order valence-electron chi connectivity index (χ3n) is 3.72. The zero-order chi connectivity index (χ0) is 13.9. The number of carbonyl (C=O) groups is 1.